The maximum Gasteiger partial charge on any atom is -0.0467 e. The van der Waals surface area contributed by atoms with Crippen molar-refractivity contribution in [2.24, 2.45) is 0 Å². The summed E-state index contributed by atoms with van der Waals surface area (Å²) in [5.74, 6) is 0. The normalized spacial score (nSPS) is 9.25. The highest BCUT2D eigenvalue weighted by molar-refractivity contribution is 4.98. The minimum Gasteiger partial charge on any atom is -0.106 e. The minimum absolute atomic E-state index is 2.00. The maximum absolute atomic E-state index is 3.00. The van der Waals surface area contributed by atoms with E-state index in [9.17, 15) is 0 Å². The number of allylic oxidation sites excluding steroid dienone is 4. The molecule has 0 aromatic rings. The Labute approximate surface area is 52.2 Å². The Morgan fingerprint density at radius 1 is 0.875 bits per heavy atom. The molecule has 0 saturated heterocycles. The first kappa shape index (κ1) is 10.3. The molecule has 0 saturated carbocycles. The van der Waals surface area contributed by atoms with Crippen molar-refractivity contribution in [3.8, 4) is 0 Å². The lowest BCUT2D eigenvalue weighted by molar-refractivity contribution is 1.69. The lowest BCUT2D eigenvalue weighted by atomic mass is 10.5. The van der Waals surface area contributed by atoms with Gasteiger partial charge >= 0.3 is 0 Å². The van der Waals surface area contributed by atoms with Gasteiger partial charge in [-0.15, -0.1) is 13.2 Å². The molecule has 0 rings (SSSR count). The smallest absolute Gasteiger partial charge is 0.0467 e. The Morgan fingerprint density at radius 2 is 1.12 bits per heavy atom. The van der Waals surface area contributed by atoms with E-state index < -0.39 is 0 Å². The van der Waals surface area contributed by atoms with E-state index in [2.05, 4.69) is 13.2 Å². The molecule has 0 aliphatic rings. The van der Waals surface area contributed by atoms with Crippen LogP contribution in [0.15, 0.2) is 37.5 Å². The predicted molar refractivity (Wildman–Crippen MR) is 40.9 cm³/mol. The van der Waals surface area contributed by atoms with Gasteiger partial charge in [0.25, 0.3) is 0 Å². The highest BCUT2D eigenvalue weighted by Crippen LogP contribution is 1.71. The summed E-state index contributed by atoms with van der Waals surface area (Å²) in [6, 6.07) is 0. The molecule has 0 unspecified atom stereocenters. The lowest BCUT2D eigenvalue weighted by Gasteiger charge is -1.62. The van der Waals surface area contributed by atoms with Crippen LogP contribution in [0.1, 0.15) is 13.8 Å². The first-order chi connectivity index (χ1) is 3.91. The zero-order valence-electron chi connectivity index (χ0n) is 5.72. The summed E-state index contributed by atoms with van der Waals surface area (Å²) in [5.41, 5.74) is 0. The van der Waals surface area contributed by atoms with Gasteiger partial charge in [-0.3, -0.25) is 0 Å². The molecule has 0 aliphatic heterocycles. The van der Waals surface area contributed by atoms with E-state index >= 15 is 0 Å². The third-order valence-corrected chi connectivity index (χ3v) is 0.496. The molecule has 0 aliphatic carbocycles. The van der Waals surface area contributed by atoms with Crippen LogP contribution in [0.5, 0.6) is 0 Å². The standard InChI is InChI=1S/C6H10.C2H4/c1-3-5-6-4-2;1-2/h3-6H,1-2H3;1-2H2. The van der Waals surface area contributed by atoms with Crippen molar-refractivity contribution in [3.63, 3.8) is 0 Å². The van der Waals surface area contributed by atoms with E-state index in [4.69, 9.17) is 0 Å². The number of hydrogen-bond donors (Lipinski definition) is 0. The van der Waals surface area contributed by atoms with Gasteiger partial charge in [0.15, 0.2) is 0 Å². The summed E-state index contributed by atoms with van der Waals surface area (Å²) in [5, 5.41) is 0. The van der Waals surface area contributed by atoms with Gasteiger partial charge in [0.05, 0.1) is 0 Å². The zero-order chi connectivity index (χ0) is 6.83. The van der Waals surface area contributed by atoms with Crippen LogP contribution < -0.4 is 0 Å². The van der Waals surface area contributed by atoms with E-state index in [1.807, 2.05) is 38.2 Å². The van der Waals surface area contributed by atoms with Gasteiger partial charge in [0.1, 0.15) is 0 Å². The average molecular weight is 110 g/mol. The van der Waals surface area contributed by atoms with E-state index in [0.29, 0.717) is 0 Å². The van der Waals surface area contributed by atoms with Gasteiger partial charge in [-0.2, -0.15) is 0 Å². The van der Waals surface area contributed by atoms with Crippen molar-refractivity contribution in [2.75, 3.05) is 0 Å². The quantitative estimate of drug-likeness (QED) is 0.359. The Bertz CT molecular complexity index is 58.1. The molecular weight excluding hydrogens is 96.1 g/mol. The van der Waals surface area contributed by atoms with Gasteiger partial charge in [0.2, 0.25) is 0 Å². The van der Waals surface area contributed by atoms with E-state index in [0.717, 1.165) is 0 Å². The molecule has 0 aromatic heterocycles. The molecule has 0 N–H and O–H groups in total. The van der Waals surface area contributed by atoms with E-state index in [1.165, 1.54) is 0 Å². The van der Waals surface area contributed by atoms with Crippen LogP contribution in [0.3, 0.4) is 0 Å². The second-order valence-corrected chi connectivity index (χ2v) is 1.05. The molecule has 0 atom stereocenters. The molecule has 0 bridgehead atoms. The Kier molecular flexibility index (Phi) is 20.9. The summed E-state index contributed by atoms with van der Waals surface area (Å²) in [7, 11) is 0. The molecule has 8 heavy (non-hydrogen) atoms. The molecule has 0 fully saturated rings. The van der Waals surface area contributed by atoms with Crippen LogP contribution in [-0.2, 0) is 0 Å². The van der Waals surface area contributed by atoms with E-state index in [1.54, 1.807) is 0 Å². The van der Waals surface area contributed by atoms with E-state index in [-0.39, 0.29) is 0 Å². The SMILES string of the molecule is C=C.CC=CC=CC. The first-order valence-corrected chi connectivity index (χ1v) is 2.65. The van der Waals surface area contributed by atoms with Crippen LogP contribution in [0.25, 0.3) is 0 Å². The topological polar surface area (TPSA) is 0 Å². The first-order valence-electron chi connectivity index (χ1n) is 2.65. The van der Waals surface area contributed by atoms with Crippen LogP contribution in [0, 0.1) is 0 Å². The van der Waals surface area contributed by atoms with Gasteiger partial charge < -0.3 is 0 Å². The average Bonchev–Trinajstić information content (AvgIpc) is 1.88. The monoisotopic (exact) mass is 110 g/mol. The second-order valence-electron chi connectivity index (χ2n) is 1.05. The van der Waals surface area contributed by atoms with Crippen molar-refractivity contribution in [3.05, 3.63) is 37.5 Å². The predicted octanol–water partition coefficient (Wildman–Crippen LogP) is 2.94. The van der Waals surface area contributed by atoms with Gasteiger partial charge in [-0.25, -0.2) is 0 Å². The molecule has 0 amide bonds. The third kappa shape index (κ3) is 18.9. The molecule has 0 radical (unpaired) electrons. The molecule has 0 nitrogen and oxygen atoms in total. The summed E-state index contributed by atoms with van der Waals surface area (Å²) in [6.45, 7) is 10.0. The largest absolute Gasteiger partial charge is 0.106 e. The van der Waals surface area contributed by atoms with Crippen LogP contribution in [-0.4, -0.2) is 0 Å². The molecular formula is C8H14. The maximum atomic E-state index is 3.00. The van der Waals surface area contributed by atoms with Gasteiger partial charge in [-0.05, 0) is 13.8 Å². The van der Waals surface area contributed by atoms with Crippen LogP contribution in [0.4, 0.5) is 0 Å². The fraction of sp³-hybridized carbons (Fsp3) is 0.250. The fourth-order valence-electron chi connectivity index (χ4n) is 0.222. The molecule has 0 aromatic carbocycles. The molecule has 46 valence electrons. The van der Waals surface area contributed by atoms with Crippen molar-refractivity contribution in [2.45, 2.75) is 13.8 Å². The Balaban J connectivity index is 0. The van der Waals surface area contributed by atoms with Gasteiger partial charge in [-0.1, -0.05) is 24.3 Å². The highest BCUT2D eigenvalue weighted by atomic mass is 13.6. The summed E-state index contributed by atoms with van der Waals surface area (Å²) >= 11 is 0. The van der Waals surface area contributed by atoms with Crippen molar-refractivity contribution in [1.29, 1.82) is 0 Å². The summed E-state index contributed by atoms with van der Waals surface area (Å²) in [4.78, 5) is 0. The summed E-state index contributed by atoms with van der Waals surface area (Å²) < 4.78 is 0. The fourth-order valence-corrected chi connectivity index (χ4v) is 0.222. The van der Waals surface area contributed by atoms with Crippen LogP contribution in [0.2, 0.25) is 0 Å². The number of rotatable bonds is 1. The van der Waals surface area contributed by atoms with Crippen molar-refractivity contribution < 1.29 is 0 Å². The van der Waals surface area contributed by atoms with Crippen LogP contribution >= 0.6 is 0 Å². The zero-order valence-corrected chi connectivity index (χ0v) is 5.72. The Hall–Kier alpha value is -0.780. The van der Waals surface area contributed by atoms with Gasteiger partial charge in [0, 0.05) is 0 Å². The highest BCUT2D eigenvalue weighted by Gasteiger charge is 1.48. The third-order valence-electron chi connectivity index (χ3n) is 0.496. The van der Waals surface area contributed by atoms with Crippen molar-refractivity contribution in [1.82, 2.24) is 0 Å². The Morgan fingerprint density at radius 3 is 1.25 bits per heavy atom. The molecule has 0 spiro atoms. The lowest BCUT2D eigenvalue weighted by Crippen LogP contribution is -1.40. The second kappa shape index (κ2) is 16.3. The minimum atomic E-state index is 2.00. The molecule has 0 heterocycles. The molecule has 0 heteroatoms. The number of hydrogen-bond acceptors (Lipinski definition) is 0. The van der Waals surface area contributed by atoms with Crippen molar-refractivity contribution >= 4 is 0 Å². The summed E-state index contributed by atoms with van der Waals surface area (Å²) in [6.07, 6.45) is 8.00.